The lowest BCUT2D eigenvalue weighted by molar-refractivity contribution is -0.384. The van der Waals surface area contributed by atoms with Gasteiger partial charge >= 0.3 is 11.6 Å². The maximum atomic E-state index is 13.6. The van der Waals surface area contributed by atoms with E-state index < -0.39 is 32.8 Å². The first-order valence-corrected chi connectivity index (χ1v) is 11.9. The van der Waals surface area contributed by atoms with Crippen molar-refractivity contribution in [3.63, 3.8) is 0 Å². The molecule has 37 heavy (non-hydrogen) atoms. The first-order valence-electron chi connectivity index (χ1n) is 11.9. The molecule has 2 saturated carbocycles. The van der Waals surface area contributed by atoms with Crippen LogP contribution in [-0.4, -0.2) is 22.5 Å². The molecular formula is C27H25N3O7. The van der Waals surface area contributed by atoms with E-state index in [9.17, 15) is 24.5 Å². The number of rotatable bonds is 5. The smallest absolute Gasteiger partial charge is 0.373 e. The molecule has 1 N–H and O–H groups in total. The molecule has 2 bridgehead atoms. The van der Waals surface area contributed by atoms with Gasteiger partial charge in [0.25, 0.3) is 5.69 Å². The molecule has 10 nitrogen and oxygen atoms in total. The number of hydrogen-bond acceptors (Lipinski definition) is 8. The van der Waals surface area contributed by atoms with Gasteiger partial charge in [-0.15, -0.1) is 0 Å². The number of carbonyl (C=O) groups excluding carboxylic acids is 2. The zero-order valence-corrected chi connectivity index (χ0v) is 20.6. The van der Waals surface area contributed by atoms with Gasteiger partial charge in [0.2, 0.25) is 5.91 Å². The van der Waals surface area contributed by atoms with Gasteiger partial charge in [-0.25, -0.2) is 9.59 Å². The van der Waals surface area contributed by atoms with E-state index in [1.54, 1.807) is 30.3 Å². The average Bonchev–Trinajstić information content (AvgIpc) is 3.17. The van der Waals surface area contributed by atoms with E-state index in [2.05, 4.69) is 10.5 Å². The Morgan fingerprint density at radius 3 is 2.59 bits per heavy atom. The molecule has 190 valence electrons. The summed E-state index contributed by atoms with van der Waals surface area (Å²) >= 11 is 0. The van der Waals surface area contributed by atoms with Crippen LogP contribution in [0.1, 0.15) is 50.4 Å². The minimum Gasteiger partial charge on any atom is -0.422 e. The molecule has 2 aliphatic carbocycles. The number of para-hydroxylation sites is 1. The summed E-state index contributed by atoms with van der Waals surface area (Å²) in [5.41, 5.74) is -1.93. The molecule has 2 aliphatic rings. The van der Waals surface area contributed by atoms with E-state index in [4.69, 9.17) is 9.25 Å². The summed E-state index contributed by atoms with van der Waals surface area (Å²) < 4.78 is 5.22. The van der Waals surface area contributed by atoms with Crippen molar-refractivity contribution >= 4 is 39.9 Å². The standard InChI is InChI=1S/C27H25N3O7/c1-25(2)26(3)11-12-27(25,24(33)28-17-8-6-9-18(14-17)30(34)35)15-21(26)29-37-23(32)19-13-16-7-4-5-10-20(16)36-22(19)31/h4-10,13-14H,11-12,15H2,1-3H3,(H,28,33)/b29-21+. The second kappa shape index (κ2) is 8.36. The number of nitro benzene ring substituents is 1. The summed E-state index contributed by atoms with van der Waals surface area (Å²) in [7, 11) is 0. The number of benzene rings is 2. The fourth-order valence-corrected chi connectivity index (χ4v) is 5.82. The van der Waals surface area contributed by atoms with Gasteiger partial charge < -0.3 is 14.6 Å². The molecule has 0 saturated heterocycles. The van der Waals surface area contributed by atoms with Gasteiger partial charge in [-0.3, -0.25) is 14.9 Å². The lowest BCUT2D eigenvalue weighted by Gasteiger charge is -2.39. The van der Waals surface area contributed by atoms with Crippen LogP contribution in [0.3, 0.4) is 0 Å². The van der Waals surface area contributed by atoms with Crippen molar-refractivity contribution < 1.29 is 23.8 Å². The minimum absolute atomic E-state index is 0.121. The largest absolute Gasteiger partial charge is 0.422 e. The van der Waals surface area contributed by atoms with Crippen molar-refractivity contribution in [2.45, 2.75) is 40.0 Å². The van der Waals surface area contributed by atoms with Crippen molar-refractivity contribution in [2.24, 2.45) is 21.4 Å². The van der Waals surface area contributed by atoms with Crippen LogP contribution in [0.2, 0.25) is 0 Å². The summed E-state index contributed by atoms with van der Waals surface area (Å²) in [5.74, 6) is -1.21. The monoisotopic (exact) mass is 503 g/mol. The maximum absolute atomic E-state index is 13.6. The molecule has 1 aromatic heterocycles. The minimum atomic E-state index is -0.939. The second-order valence-corrected chi connectivity index (χ2v) is 10.4. The summed E-state index contributed by atoms with van der Waals surface area (Å²) in [6.45, 7) is 5.95. The van der Waals surface area contributed by atoms with E-state index in [1.807, 2.05) is 20.8 Å². The number of nitro groups is 1. The fraction of sp³-hybridized carbons (Fsp3) is 0.333. The first-order chi connectivity index (χ1) is 17.5. The third kappa shape index (κ3) is 3.62. The van der Waals surface area contributed by atoms with Gasteiger partial charge in [-0.1, -0.05) is 50.2 Å². The van der Waals surface area contributed by atoms with E-state index in [-0.39, 0.29) is 23.6 Å². The Labute approximate surface area is 211 Å². The lowest BCUT2D eigenvalue weighted by Crippen LogP contribution is -2.43. The van der Waals surface area contributed by atoms with Crippen LogP contribution in [0.25, 0.3) is 11.0 Å². The molecule has 0 radical (unpaired) electrons. The number of oxime groups is 1. The molecule has 2 aromatic carbocycles. The second-order valence-electron chi connectivity index (χ2n) is 10.4. The zero-order chi connectivity index (χ0) is 26.6. The third-order valence-corrected chi connectivity index (χ3v) is 8.58. The van der Waals surface area contributed by atoms with Crippen molar-refractivity contribution in [1.82, 2.24) is 0 Å². The molecule has 0 spiro atoms. The van der Waals surface area contributed by atoms with Gasteiger partial charge in [-0.2, -0.15) is 0 Å². The molecule has 1 amide bonds. The van der Waals surface area contributed by atoms with Crippen LogP contribution in [0.15, 0.2) is 69.0 Å². The van der Waals surface area contributed by atoms with E-state index in [1.165, 1.54) is 24.3 Å². The predicted octanol–water partition coefficient (Wildman–Crippen LogP) is 5.07. The van der Waals surface area contributed by atoms with Crippen LogP contribution in [0.4, 0.5) is 11.4 Å². The highest BCUT2D eigenvalue weighted by atomic mass is 16.7. The van der Waals surface area contributed by atoms with E-state index in [0.29, 0.717) is 35.2 Å². The number of anilines is 1. The van der Waals surface area contributed by atoms with Gasteiger partial charge in [0, 0.05) is 35.0 Å². The molecule has 5 rings (SSSR count). The highest BCUT2D eigenvalue weighted by Crippen LogP contribution is 2.71. The molecule has 2 atom stereocenters. The van der Waals surface area contributed by atoms with Crippen LogP contribution in [0.5, 0.6) is 0 Å². The third-order valence-electron chi connectivity index (χ3n) is 8.58. The number of carbonyl (C=O) groups is 2. The zero-order valence-electron chi connectivity index (χ0n) is 20.6. The number of hydrogen-bond donors (Lipinski definition) is 1. The maximum Gasteiger partial charge on any atom is 0.373 e. The molecule has 10 heteroatoms. The van der Waals surface area contributed by atoms with Gasteiger partial charge in [-0.05, 0) is 36.5 Å². The first kappa shape index (κ1) is 24.4. The van der Waals surface area contributed by atoms with Crippen LogP contribution in [0, 0.1) is 26.4 Å². The fourth-order valence-electron chi connectivity index (χ4n) is 5.82. The molecule has 2 unspecified atom stereocenters. The Bertz CT molecular complexity index is 1560. The topological polar surface area (TPSA) is 141 Å². The van der Waals surface area contributed by atoms with Crippen LogP contribution in [-0.2, 0) is 9.63 Å². The number of amides is 1. The van der Waals surface area contributed by atoms with Crippen molar-refractivity contribution in [3.8, 4) is 0 Å². The number of fused-ring (bicyclic) bond motifs is 3. The average molecular weight is 504 g/mol. The Kier molecular flexibility index (Phi) is 5.50. The van der Waals surface area contributed by atoms with Crippen molar-refractivity contribution in [3.05, 3.63) is 80.7 Å². The van der Waals surface area contributed by atoms with Crippen molar-refractivity contribution in [1.29, 1.82) is 0 Å². The number of nitrogens with zero attached hydrogens (tertiary/aromatic N) is 2. The lowest BCUT2D eigenvalue weighted by atomic mass is 9.64. The van der Waals surface area contributed by atoms with Crippen LogP contribution >= 0.6 is 0 Å². The Balaban J connectivity index is 1.41. The summed E-state index contributed by atoms with van der Waals surface area (Å²) in [4.78, 5) is 54.5. The van der Waals surface area contributed by atoms with E-state index >= 15 is 0 Å². The quantitative estimate of drug-likeness (QED) is 0.222. The van der Waals surface area contributed by atoms with E-state index in [0.717, 1.165) is 0 Å². The Morgan fingerprint density at radius 1 is 1.08 bits per heavy atom. The van der Waals surface area contributed by atoms with Crippen molar-refractivity contribution in [2.75, 3.05) is 5.32 Å². The molecule has 1 heterocycles. The van der Waals surface area contributed by atoms with Crippen LogP contribution < -0.4 is 10.9 Å². The van der Waals surface area contributed by atoms with Gasteiger partial charge in [0.15, 0.2) is 0 Å². The Hall–Kier alpha value is -4.34. The SMILES string of the molecule is CC12CCC(C(=O)Nc3cccc([N+](=O)[O-])c3)(C/C1=N\OC(=O)c1cc3ccccc3oc1=O)C2(C)C. The predicted molar refractivity (Wildman–Crippen MR) is 135 cm³/mol. The highest BCUT2D eigenvalue weighted by Gasteiger charge is 2.71. The molecule has 3 aromatic rings. The summed E-state index contributed by atoms with van der Waals surface area (Å²) in [5, 5.41) is 18.7. The summed E-state index contributed by atoms with van der Waals surface area (Å²) in [6.07, 6.45) is 1.46. The number of nitrogens with one attached hydrogen (secondary N) is 1. The molecule has 0 aliphatic heterocycles. The highest BCUT2D eigenvalue weighted by molar-refractivity contribution is 6.06. The number of non-ortho nitro benzene ring substituents is 1. The molecule has 2 fully saturated rings. The van der Waals surface area contributed by atoms with Gasteiger partial charge in [0.1, 0.15) is 11.1 Å². The normalized spacial score (nSPS) is 24.8. The Morgan fingerprint density at radius 2 is 1.84 bits per heavy atom. The summed E-state index contributed by atoms with van der Waals surface area (Å²) in [6, 6.07) is 14.0. The molecular weight excluding hydrogens is 478 g/mol. The van der Waals surface area contributed by atoms with Gasteiger partial charge in [0.05, 0.1) is 16.0 Å².